The third-order valence-corrected chi connectivity index (χ3v) is 2.71. The van der Waals surface area contributed by atoms with Crippen LogP contribution in [-0.4, -0.2) is 39.2 Å². The van der Waals surface area contributed by atoms with Crippen LogP contribution in [-0.2, 0) is 14.3 Å². The molecule has 1 aromatic rings. The number of rotatable bonds is 6. The predicted molar refractivity (Wildman–Crippen MR) is 82.4 cm³/mol. The van der Waals surface area contributed by atoms with Gasteiger partial charge in [-0.2, -0.15) is 0 Å². The Hall–Kier alpha value is -2.30. The average Bonchev–Trinajstić information content (AvgIpc) is 2.45. The smallest absolute Gasteiger partial charge is 0.338 e. The summed E-state index contributed by atoms with van der Waals surface area (Å²) < 4.78 is 9.83. The highest BCUT2D eigenvalue weighted by Crippen LogP contribution is 2.22. The molecule has 0 aliphatic carbocycles. The van der Waals surface area contributed by atoms with Crippen molar-refractivity contribution in [2.75, 3.05) is 32.2 Å². The highest BCUT2D eigenvalue weighted by Gasteiger charge is 2.11. The molecule has 0 fully saturated rings. The van der Waals surface area contributed by atoms with Crippen LogP contribution in [0.25, 0.3) is 6.08 Å². The molecule has 0 aromatic heterocycles. The molecule has 0 unspecified atom stereocenters. The third-order valence-electron chi connectivity index (χ3n) is 2.71. The first-order chi connectivity index (χ1) is 9.99. The Balaban J connectivity index is 3.05. The van der Waals surface area contributed by atoms with Crippen LogP contribution in [0.1, 0.15) is 29.8 Å². The van der Waals surface area contributed by atoms with Gasteiger partial charge in [-0.05, 0) is 37.6 Å². The quantitative estimate of drug-likeness (QED) is 0.595. The van der Waals surface area contributed by atoms with E-state index in [0.29, 0.717) is 18.8 Å². The second-order valence-corrected chi connectivity index (χ2v) is 4.47. The Labute approximate surface area is 125 Å². The van der Waals surface area contributed by atoms with Crippen molar-refractivity contribution in [2.24, 2.45) is 0 Å². The highest BCUT2D eigenvalue weighted by atomic mass is 16.5. The molecule has 0 atom stereocenters. The minimum absolute atomic E-state index is 0.334. The largest absolute Gasteiger partial charge is 0.463 e. The van der Waals surface area contributed by atoms with Crippen molar-refractivity contribution in [3.05, 3.63) is 35.4 Å². The first-order valence-electron chi connectivity index (χ1n) is 6.82. The van der Waals surface area contributed by atoms with E-state index in [1.165, 1.54) is 6.08 Å². The number of benzene rings is 1. The Morgan fingerprint density at radius 1 is 1.14 bits per heavy atom. The summed E-state index contributed by atoms with van der Waals surface area (Å²) in [5.74, 6) is -0.752. The Kier molecular flexibility index (Phi) is 6.46. The minimum Gasteiger partial charge on any atom is -0.463 e. The molecule has 0 N–H and O–H groups in total. The summed E-state index contributed by atoms with van der Waals surface area (Å²) in [5.41, 5.74) is 2.12. The molecule has 1 aromatic carbocycles. The van der Waals surface area contributed by atoms with Crippen LogP contribution in [0.2, 0.25) is 0 Å². The van der Waals surface area contributed by atoms with Gasteiger partial charge in [0.1, 0.15) is 0 Å². The molecule has 0 aliphatic heterocycles. The molecule has 0 bridgehead atoms. The number of hydrogen-bond acceptors (Lipinski definition) is 5. The zero-order valence-corrected chi connectivity index (χ0v) is 12.9. The summed E-state index contributed by atoms with van der Waals surface area (Å²) in [5, 5.41) is 0. The zero-order valence-electron chi connectivity index (χ0n) is 12.9. The van der Waals surface area contributed by atoms with E-state index in [0.717, 1.165) is 11.3 Å². The van der Waals surface area contributed by atoms with Crippen LogP contribution in [0.3, 0.4) is 0 Å². The molecule has 0 amide bonds. The van der Waals surface area contributed by atoms with Gasteiger partial charge in [0, 0.05) is 25.9 Å². The molecule has 0 saturated carbocycles. The molecule has 0 radical (unpaired) electrons. The van der Waals surface area contributed by atoms with E-state index in [-0.39, 0.29) is 5.97 Å². The van der Waals surface area contributed by atoms with Crippen molar-refractivity contribution >= 4 is 23.7 Å². The fourth-order valence-electron chi connectivity index (χ4n) is 1.76. The number of nitrogens with zero attached hydrogens (tertiary/aromatic N) is 1. The van der Waals surface area contributed by atoms with Gasteiger partial charge < -0.3 is 14.4 Å². The minimum atomic E-state index is -0.392. The molecule has 0 heterocycles. The van der Waals surface area contributed by atoms with Crippen LogP contribution in [0.15, 0.2) is 24.3 Å². The second-order valence-electron chi connectivity index (χ2n) is 4.47. The van der Waals surface area contributed by atoms with E-state index < -0.39 is 5.97 Å². The zero-order chi connectivity index (χ0) is 15.8. The van der Waals surface area contributed by atoms with Crippen molar-refractivity contribution in [3.8, 4) is 0 Å². The fourth-order valence-corrected chi connectivity index (χ4v) is 1.76. The summed E-state index contributed by atoms with van der Waals surface area (Å²) in [7, 11) is 3.73. The number of ether oxygens (including phenoxy) is 2. The van der Waals surface area contributed by atoms with E-state index in [2.05, 4.69) is 0 Å². The van der Waals surface area contributed by atoms with Crippen LogP contribution in [0, 0.1) is 0 Å². The lowest BCUT2D eigenvalue weighted by Crippen LogP contribution is -2.12. The number of anilines is 1. The van der Waals surface area contributed by atoms with Crippen molar-refractivity contribution in [1.82, 2.24) is 0 Å². The fraction of sp³-hybridized carbons (Fsp3) is 0.375. The third kappa shape index (κ3) is 4.95. The molecule has 0 spiro atoms. The summed E-state index contributed by atoms with van der Waals surface area (Å²) in [6.07, 6.45) is 3.04. The molecular weight excluding hydrogens is 270 g/mol. The Morgan fingerprint density at radius 3 is 2.38 bits per heavy atom. The molecular formula is C16H21NO4. The maximum Gasteiger partial charge on any atom is 0.338 e. The van der Waals surface area contributed by atoms with E-state index in [4.69, 9.17) is 9.47 Å². The van der Waals surface area contributed by atoms with E-state index in [1.807, 2.05) is 19.0 Å². The van der Waals surface area contributed by atoms with Gasteiger partial charge in [-0.1, -0.05) is 6.07 Å². The standard InChI is InChI=1S/C16H21NO4/c1-5-20-15(18)10-9-12-7-8-13(16(19)21-6-2)11-14(12)17(3)4/h7-11H,5-6H2,1-4H3/b10-9+. The van der Waals surface area contributed by atoms with Gasteiger partial charge in [-0.15, -0.1) is 0 Å². The number of carbonyl (C=O) groups excluding carboxylic acids is 2. The average molecular weight is 291 g/mol. The lowest BCUT2D eigenvalue weighted by atomic mass is 10.1. The Bertz CT molecular complexity index is 535. The molecule has 1 rings (SSSR count). The van der Waals surface area contributed by atoms with Gasteiger partial charge in [-0.3, -0.25) is 0 Å². The van der Waals surface area contributed by atoms with Gasteiger partial charge >= 0.3 is 11.9 Å². The normalized spacial score (nSPS) is 10.5. The topological polar surface area (TPSA) is 55.8 Å². The highest BCUT2D eigenvalue weighted by molar-refractivity contribution is 5.93. The molecule has 5 nitrogen and oxygen atoms in total. The summed E-state index contributed by atoms with van der Waals surface area (Å²) in [6.45, 7) is 4.19. The first kappa shape index (κ1) is 16.8. The Morgan fingerprint density at radius 2 is 1.81 bits per heavy atom. The van der Waals surface area contributed by atoms with Crippen LogP contribution < -0.4 is 4.90 Å². The number of esters is 2. The van der Waals surface area contributed by atoms with Crippen molar-refractivity contribution in [3.63, 3.8) is 0 Å². The molecule has 114 valence electrons. The van der Waals surface area contributed by atoms with Crippen LogP contribution in [0.5, 0.6) is 0 Å². The number of hydrogen-bond donors (Lipinski definition) is 0. The van der Waals surface area contributed by atoms with Gasteiger partial charge in [0.25, 0.3) is 0 Å². The monoisotopic (exact) mass is 291 g/mol. The maximum absolute atomic E-state index is 11.7. The molecule has 0 aliphatic rings. The molecule has 0 saturated heterocycles. The van der Waals surface area contributed by atoms with Gasteiger partial charge in [0.2, 0.25) is 0 Å². The van der Waals surface area contributed by atoms with Crippen molar-refractivity contribution in [1.29, 1.82) is 0 Å². The predicted octanol–water partition coefficient (Wildman–Crippen LogP) is 2.51. The second kappa shape index (κ2) is 8.09. The lowest BCUT2D eigenvalue weighted by Gasteiger charge is -2.16. The van der Waals surface area contributed by atoms with Gasteiger partial charge in [0.05, 0.1) is 18.8 Å². The lowest BCUT2D eigenvalue weighted by molar-refractivity contribution is -0.137. The number of carbonyl (C=O) groups is 2. The molecule has 5 heteroatoms. The van der Waals surface area contributed by atoms with Crippen LogP contribution >= 0.6 is 0 Å². The van der Waals surface area contributed by atoms with Crippen LogP contribution in [0.4, 0.5) is 5.69 Å². The van der Waals surface area contributed by atoms with Gasteiger partial charge in [0.15, 0.2) is 0 Å². The molecule has 21 heavy (non-hydrogen) atoms. The van der Waals surface area contributed by atoms with E-state index in [9.17, 15) is 9.59 Å². The summed E-state index contributed by atoms with van der Waals surface area (Å²) in [4.78, 5) is 25.0. The SMILES string of the molecule is CCOC(=O)/C=C/c1ccc(C(=O)OCC)cc1N(C)C. The first-order valence-corrected chi connectivity index (χ1v) is 6.82. The maximum atomic E-state index is 11.7. The summed E-state index contributed by atoms with van der Waals surface area (Å²) in [6, 6.07) is 5.19. The van der Waals surface area contributed by atoms with E-state index >= 15 is 0 Å². The van der Waals surface area contributed by atoms with Crippen molar-refractivity contribution in [2.45, 2.75) is 13.8 Å². The summed E-state index contributed by atoms with van der Waals surface area (Å²) >= 11 is 0. The van der Waals surface area contributed by atoms with E-state index in [1.54, 1.807) is 38.1 Å². The van der Waals surface area contributed by atoms with Crippen molar-refractivity contribution < 1.29 is 19.1 Å². The van der Waals surface area contributed by atoms with Gasteiger partial charge in [-0.25, -0.2) is 9.59 Å².